The lowest BCUT2D eigenvalue weighted by Gasteiger charge is -2.20. The number of nitrogens with one attached hydrogen (secondary N) is 1. The molecule has 392 valence electrons. The predicted molar refractivity (Wildman–Crippen MR) is 287 cm³/mol. The summed E-state index contributed by atoms with van der Waals surface area (Å²) in [4.78, 5) is 24.5. The molecular formula is C60H117NO5. The van der Waals surface area contributed by atoms with Crippen LogP contribution in [-0.2, 0) is 14.3 Å². The Morgan fingerprint density at radius 3 is 1.03 bits per heavy atom. The molecule has 2 unspecified atom stereocenters. The molecule has 0 fully saturated rings. The van der Waals surface area contributed by atoms with Gasteiger partial charge in [0, 0.05) is 12.8 Å². The Hall–Kier alpha value is -1.40. The fraction of sp³-hybridized carbons (Fsp3) is 0.933. The number of aliphatic hydroxyl groups excluding tert-OH is 2. The smallest absolute Gasteiger partial charge is 0.305 e. The lowest BCUT2D eigenvalue weighted by atomic mass is 10.0. The zero-order valence-electron chi connectivity index (χ0n) is 44.7. The molecule has 0 aliphatic carbocycles. The lowest BCUT2D eigenvalue weighted by Crippen LogP contribution is -2.45. The molecule has 66 heavy (non-hydrogen) atoms. The van der Waals surface area contributed by atoms with Crippen molar-refractivity contribution in [1.82, 2.24) is 5.32 Å². The van der Waals surface area contributed by atoms with Gasteiger partial charge in [0.2, 0.25) is 5.91 Å². The average Bonchev–Trinajstić information content (AvgIpc) is 3.32. The molecule has 6 nitrogen and oxygen atoms in total. The fourth-order valence-corrected chi connectivity index (χ4v) is 9.46. The summed E-state index contributed by atoms with van der Waals surface area (Å²) in [5, 5.41) is 23.0. The molecule has 0 aromatic rings. The topological polar surface area (TPSA) is 95.9 Å². The molecule has 6 heteroatoms. The van der Waals surface area contributed by atoms with Crippen LogP contribution < -0.4 is 5.32 Å². The van der Waals surface area contributed by atoms with E-state index in [2.05, 4.69) is 19.2 Å². The molecule has 0 aromatic heterocycles. The van der Waals surface area contributed by atoms with E-state index < -0.39 is 12.1 Å². The molecule has 0 aliphatic heterocycles. The van der Waals surface area contributed by atoms with Gasteiger partial charge in [-0.1, -0.05) is 302 Å². The van der Waals surface area contributed by atoms with E-state index >= 15 is 0 Å². The fourth-order valence-electron chi connectivity index (χ4n) is 9.46. The molecule has 0 saturated heterocycles. The van der Waals surface area contributed by atoms with Gasteiger partial charge in [0.05, 0.1) is 25.4 Å². The summed E-state index contributed by atoms with van der Waals surface area (Å²) < 4.78 is 5.49. The number of amides is 1. The van der Waals surface area contributed by atoms with Gasteiger partial charge in [-0.05, 0) is 32.1 Å². The van der Waals surface area contributed by atoms with E-state index in [0.29, 0.717) is 19.4 Å². The number of aliphatic hydroxyl groups is 2. The number of hydrogen-bond donors (Lipinski definition) is 3. The Morgan fingerprint density at radius 1 is 0.409 bits per heavy atom. The van der Waals surface area contributed by atoms with Crippen molar-refractivity contribution in [2.75, 3.05) is 13.2 Å². The van der Waals surface area contributed by atoms with Crippen molar-refractivity contribution >= 4 is 11.9 Å². The summed E-state index contributed by atoms with van der Waals surface area (Å²) in [6, 6.07) is -0.624. The Morgan fingerprint density at radius 2 is 0.697 bits per heavy atom. The SMILES string of the molecule is CCCCCCCCCCC/C=C/C(O)C(CO)NC(=O)CCCCCCCCCCCCCCCCCCCCCCCCCCOC(=O)CCCCCCCCCCCCCCCC. The van der Waals surface area contributed by atoms with Crippen LogP contribution in [0.4, 0.5) is 0 Å². The lowest BCUT2D eigenvalue weighted by molar-refractivity contribution is -0.143. The molecule has 0 spiro atoms. The molecule has 0 saturated carbocycles. The molecule has 0 aromatic carbocycles. The van der Waals surface area contributed by atoms with Crippen molar-refractivity contribution in [2.45, 2.75) is 347 Å². The number of esters is 1. The van der Waals surface area contributed by atoms with E-state index in [1.54, 1.807) is 6.08 Å². The maximum atomic E-state index is 12.4. The largest absolute Gasteiger partial charge is 0.466 e. The van der Waals surface area contributed by atoms with Gasteiger partial charge < -0.3 is 20.3 Å². The van der Waals surface area contributed by atoms with Crippen molar-refractivity contribution in [3.63, 3.8) is 0 Å². The van der Waals surface area contributed by atoms with E-state index in [1.807, 2.05) is 6.08 Å². The minimum Gasteiger partial charge on any atom is -0.466 e. The maximum Gasteiger partial charge on any atom is 0.305 e. The van der Waals surface area contributed by atoms with E-state index in [4.69, 9.17) is 4.74 Å². The Labute approximate surface area is 412 Å². The van der Waals surface area contributed by atoms with Gasteiger partial charge in [-0.2, -0.15) is 0 Å². The van der Waals surface area contributed by atoms with Crippen molar-refractivity contribution < 1.29 is 24.5 Å². The van der Waals surface area contributed by atoms with Crippen LogP contribution in [0.1, 0.15) is 335 Å². The predicted octanol–water partition coefficient (Wildman–Crippen LogP) is 18.5. The molecule has 0 heterocycles. The van der Waals surface area contributed by atoms with Gasteiger partial charge in [0.1, 0.15) is 0 Å². The van der Waals surface area contributed by atoms with Crippen LogP contribution in [0.5, 0.6) is 0 Å². The third-order valence-corrected chi connectivity index (χ3v) is 14.1. The third-order valence-electron chi connectivity index (χ3n) is 14.1. The van der Waals surface area contributed by atoms with Crippen LogP contribution >= 0.6 is 0 Å². The van der Waals surface area contributed by atoms with Crippen molar-refractivity contribution in [3.05, 3.63) is 12.2 Å². The van der Waals surface area contributed by atoms with Gasteiger partial charge >= 0.3 is 5.97 Å². The van der Waals surface area contributed by atoms with Crippen LogP contribution in [0.25, 0.3) is 0 Å². The summed E-state index contributed by atoms with van der Waals surface area (Å²) in [5.41, 5.74) is 0. The van der Waals surface area contributed by atoms with E-state index in [0.717, 1.165) is 38.5 Å². The monoisotopic (exact) mass is 932 g/mol. The normalized spacial score (nSPS) is 12.6. The minimum absolute atomic E-state index is 0.0176. The first-order valence-electron chi connectivity index (χ1n) is 30.0. The highest BCUT2D eigenvalue weighted by Crippen LogP contribution is 2.18. The molecule has 1 amide bonds. The van der Waals surface area contributed by atoms with Gasteiger partial charge in [0.15, 0.2) is 0 Å². The number of unbranched alkanes of at least 4 members (excludes halogenated alkanes) is 45. The first-order valence-corrected chi connectivity index (χ1v) is 30.0. The molecule has 0 rings (SSSR count). The summed E-state index contributed by atoms with van der Waals surface area (Å²) >= 11 is 0. The second-order valence-electron chi connectivity index (χ2n) is 20.7. The Kier molecular flexibility index (Phi) is 55.0. The van der Waals surface area contributed by atoms with E-state index in [1.165, 1.54) is 270 Å². The number of allylic oxidation sites excluding steroid dienone is 1. The third kappa shape index (κ3) is 52.0. The zero-order chi connectivity index (χ0) is 47.9. The number of ether oxygens (including phenoxy) is 1. The summed E-state index contributed by atoms with van der Waals surface area (Å²) in [6.07, 6.45) is 66.8. The summed E-state index contributed by atoms with van der Waals surface area (Å²) in [6.45, 7) is 4.91. The van der Waals surface area contributed by atoms with Crippen LogP contribution in [0.3, 0.4) is 0 Å². The van der Waals surface area contributed by atoms with Gasteiger partial charge in [0.25, 0.3) is 0 Å². The van der Waals surface area contributed by atoms with Crippen molar-refractivity contribution in [2.24, 2.45) is 0 Å². The van der Waals surface area contributed by atoms with Gasteiger partial charge in [-0.25, -0.2) is 0 Å². The van der Waals surface area contributed by atoms with E-state index in [9.17, 15) is 19.8 Å². The quantitative estimate of drug-likeness (QED) is 0.0321. The maximum absolute atomic E-state index is 12.4. The molecule has 0 bridgehead atoms. The first kappa shape index (κ1) is 64.6. The van der Waals surface area contributed by atoms with Crippen LogP contribution in [0, 0.1) is 0 Å². The molecule has 2 atom stereocenters. The Bertz CT molecular complexity index is 986. The number of rotatable bonds is 56. The summed E-state index contributed by atoms with van der Waals surface area (Å²) in [5.74, 6) is -0.0492. The van der Waals surface area contributed by atoms with Crippen molar-refractivity contribution in [1.29, 1.82) is 0 Å². The highest BCUT2D eigenvalue weighted by Gasteiger charge is 2.18. The van der Waals surface area contributed by atoms with Crippen LogP contribution in [0.2, 0.25) is 0 Å². The van der Waals surface area contributed by atoms with Crippen LogP contribution in [-0.4, -0.2) is 47.4 Å². The van der Waals surface area contributed by atoms with Crippen LogP contribution in [0.15, 0.2) is 12.2 Å². The second kappa shape index (κ2) is 56.2. The average molecular weight is 933 g/mol. The number of carbonyl (C=O) groups is 2. The van der Waals surface area contributed by atoms with Gasteiger partial charge in [-0.15, -0.1) is 0 Å². The first-order chi connectivity index (χ1) is 32.5. The number of hydrogen-bond acceptors (Lipinski definition) is 5. The number of carbonyl (C=O) groups excluding carboxylic acids is 2. The molecular weight excluding hydrogens is 815 g/mol. The van der Waals surface area contributed by atoms with Gasteiger partial charge in [-0.3, -0.25) is 9.59 Å². The second-order valence-corrected chi connectivity index (χ2v) is 20.7. The van der Waals surface area contributed by atoms with Crippen molar-refractivity contribution in [3.8, 4) is 0 Å². The minimum atomic E-state index is -0.841. The highest BCUT2D eigenvalue weighted by molar-refractivity contribution is 5.76. The summed E-state index contributed by atoms with van der Waals surface area (Å²) in [7, 11) is 0. The Balaban J connectivity index is 3.35. The van der Waals surface area contributed by atoms with E-state index in [-0.39, 0.29) is 18.5 Å². The molecule has 3 N–H and O–H groups in total. The molecule has 0 radical (unpaired) electrons. The highest BCUT2D eigenvalue weighted by atomic mass is 16.5. The zero-order valence-corrected chi connectivity index (χ0v) is 44.7. The molecule has 0 aliphatic rings. The standard InChI is InChI=1S/C60H117NO5/c1-3-5-7-9-11-13-15-16-30-34-38-42-46-50-54-60(65)66-55-51-47-43-39-35-31-28-26-24-22-20-18-17-19-21-23-25-27-29-33-37-41-45-49-53-59(64)61-57(56-62)58(63)52-48-44-40-36-32-14-12-10-8-6-4-2/h48,52,57-58,62-63H,3-47,49-51,53-56H2,1-2H3,(H,61,64)/b52-48+.